The molecule has 0 saturated heterocycles. The van der Waals surface area contributed by atoms with Crippen LogP contribution >= 0.6 is 57.7 Å². The molecule has 0 unspecified atom stereocenters. The van der Waals surface area contributed by atoms with Crippen LogP contribution in [0.1, 0.15) is 25.6 Å². The van der Waals surface area contributed by atoms with Crippen LogP contribution in [-0.4, -0.2) is 18.9 Å². The van der Waals surface area contributed by atoms with E-state index in [9.17, 15) is 9.59 Å². The lowest BCUT2D eigenvalue weighted by Gasteiger charge is -2.16. The number of hydrogen-bond acceptors (Lipinski definition) is 4. The predicted molar refractivity (Wildman–Crippen MR) is 124 cm³/mol. The summed E-state index contributed by atoms with van der Waals surface area (Å²) >= 11 is 25.2. The SMILES string of the molecule is COc1cc(Cl)cc(C(=O)Nc2ccc(Cl)cc2)c1NC(=O)c1scc(CCl)c1Cl. The Hall–Kier alpha value is -1.96. The maximum Gasteiger partial charge on any atom is 0.267 e. The summed E-state index contributed by atoms with van der Waals surface area (Å²) in [5, 5.41) is 8.23. The third kappa shape index (κ3) is 5.02. The van der Waals surface area contributed by atoms with Gasteiger partial charge in [-0.25, -0.2) is 0 Å². The van der Waals surface area contributed by atoms with Gasteiger partial charge in [-0.2, -0.15) is 0 Å². The fourth-order valence-electron chi connectivity index (χ4n) is 2.58. The highest BCUT2D eigenvalue weighted by molar-refractivity contribution is 7.13. The Kier molecular flexibility index (Phi) is 7.50. The van der Waals surface area contributed by atoms with Gasteiger partial charge in [0.05, 0.1) is 23.4 Å². The smallest absolute Gasteiger partial charge is 0.267 e. The van der Waals surface area contributed by atoms with Crippen molar-refractivity contribution in [1.29, 1.82) is 0 Å². The van der Waals surface area contributed by atoms with Gasteiger partial charge in [-0.1, -0.05) is 34.8 Å². The van der Waals surface area contributed by atoms with Crippen LogP contribution in [0.2, 0.25) is 15.1 Å². The van der Waals surface area contributed by atoms with Gasteiger partial charge in [-0.15, -0.1) is 22.9 Å². The van der Waals surface area contributed by atoms with Gasteiger partial charge in [0.15, 0.2) is 0 Å². The number of thiophene rings is 1. The fourth-order valence-corrected chi connectivity index (χ4v) is 4.54. The highest BCUT2D eigenvalue weighted by Crippen LogP contribution is 2.35. The summed E-state index contributed by atoms with van der Waals surface area (Å²) in [6.07, 6.45) is 0. The van der Waals surface area contributed by atoms with Crippen LogP contribution in [0.3, 0.4) is 0 Å². The molecule has 0 bridgehead atoms. The molecular formula is C20H14Cl4N2O3S. The van der Waals surface area contributed by atoms with E-state index < -0.39 is 11.8 Å². The number of amides is 2. The normalized spacial score (nSPS) is 10.6. The number of carbonyl (C=O) groups is 2. The summed E-state index contributed by atoms with van der Waals surface area (Å²) in [7, 11) is 1.41. The standard InChI is InChI=1S/C20H14Cl4N2O3S/c1-29-15-7-12(23)6-14(19(27)25-13-4-2-11(22)3-5-13)17(15)26-20(28)18-16(24)10(8-21)9-30-18/h2-7,9H,8H2,1H3,(H,25,27)(H,26,28). The van der Waals surface area contributed by atoms with E-state index in [2.05, 4.69) is 10.6 Å². The summed E-state index contributed by atoms with van der Waals surface area (Å²) in [6.45, 7) is 0. The van der Waals surface area contributed by atoms with Crippen molar-refractivity contribution in [3.8, 4) is 5.75 Å². The minimum Gasteiger partial charge on any atom is -0.494 e. The molecule has 0 aliphatic heterocycles. The number of halogens is 4. The van der Waals surface area contributed by atoms with Gasteiger partial charge in [-0.3, -0.25) is 9.59 Å². The van der Waals surface area contributed by atoms with Gasteiger partial charge >= 0.3 is 0 Å². The Morgan fingerprint density at radius 2 is 1.70 bits per heavy atom. The van der Waals surface area contributed by atoms with Crippen molar-refractivity contribution in [2.45, 2.75) is 5.88 Å². The summed E-state index contributed by atoms with van der Waals surface area (Å²) in [6, 6.07) is 9.53. The molecule has 2 aromatic carbocycles. The molecule has 3 rings (SSSR count). The van der Waals surface area contributed by atoms with Crippen molar-refractivity contribution in [2.24, 2.45) is 0 Å². The van der Waals surface area contributed by atoms with Gasteiger partial charge in [-0.05, 0) is 41.3 Å². The van der Waals surface area contributed by atoms with Gasteiger partial charge in [0.2, 0.25) is 0 Å². The van der Waals surface area contributed by atoms with E-state index in [1.807, 2.05) is 0 Å². The van der Waals surface area contributed by atoms with Crippen molar-refractivity contribution >= 4 is 80.9 Å². The molecule has 156 valence electrons. The minimum atomic E-state index is -0.498. The van der Waals surface area contributed by atoms with Gasteiger partial charge in [0.1, 0.15) is 10.6 Å². The summed E-state index contributed by atoms with van der Waals surface area (Å²) in [5.74, 6) is -0.584. The first kappa shape index (κ1) is 22.7. The number of methoxy groups -OCH3 is 1. The van der Waals surface area contributed by atoms with Gasteiger partial charge < -0.3 is 15.4 Å². The number of nitrogens with one attached hydrogen (secondary N) is 2. The van der Waals surface area contributed by atoms with Crippen LogP contribution in [0.25, 0.3) is 0 Å². The second-order valence-corrected chi connectivity index (χ2v) is 8.38. The summed E-state index contributed by atoms with van der Waals surface area (Å²) in [5.41, 5.74) is 1.45. The van der Waals surface area contributed by atoms with Gasteiger partial charge in [0.25, 0.3) is 11.8 Å². The van der Waals surface area contributed by atoms with Gasteiger partial charge in [0, 0.05) is 27.7 Å². The number of ether oxygens (including phenoxy) is 1. The molecule has 0 aliphatic carbocycles. The molecule has 10 heteroatoms. The predicted octanol–water partition coefficient (Wildman–Crippen LogP) is 6.96. The van der Waals surface area contributed by atoms with E-state index in [4.69, 9.17) is 51.1 Å². The number of rotatable bonds is 6. The maximum atomic E-state index is 12.9. The van der Waals surface area contributed by atoms with E-state index in [0.29, 0.717) is 16.3 Å². The molecule has 0 atom stereocenters. The zero-order valence-electron chi connectivity index (χ0n) is 15.4. The molecule has 0 fully saturated rings. The van der Waals surface area contributed by atoms with Crippen LogP contribution in [0.15, 0.2) is 41.8 Å². The molecule has 0 aliphatic rings. The zero-order valence-corrected chi connectivity index (χ0v) is 19.2. The Morgan fingerprint density at radius 1 is 1.00 bits per heavy atom. The molecule has 3 aromatic rings. The molecular weight excluding hydrogens is 490 g/mol. The van der Waals surface area contributed by atoms with Crippen LogP contribution in [-0.2, 0) is 5.88 Å². The number of benzene rings is 2. The highest BCUT2D eigenvalue weighted by atomic mass is 35.5. The molecule has 2 amide bonds. The molecule has 2 N–H and O–H groups in total. The second kappa shape index (κ2) is 9.90. The van der Waals surface area contributed by atoms with E-state index in [1.54, 1.807) is 29.6 Å². The monoisotopic (exact) mass is 502 g/mol. The van der Waals surface area contributed by atoms with Crippen LogP contribution in [0.4, 0.5) is 11.4 Å². The highest BCUT2D eigenvalue weighted by Gasteiger charge is 2.23. The van der Waals surface area contributed by atoms with Crippen LogP contribution < -0.4 is 15.4 Å². The lowest BCUT2D eigenvalue weighted by molar-refractivity contribution is 0.102. The molecule has 0 spiro atoms. The summed E-state index contributed by atoms with van der Waals surface area (Å²) < 4.78 is 5.33. The van der Waals surface area contributed by atoms with Crippen LogP contribution in [0, 0.1) is 0 Å². The van der Waals surface area contributed by atoms with Crippen molar-refractivity contribution in [1.82, 2.24) is 0 Å². The lowest BCUT2D eigenvalue weighted by Crippen LogP contribution is -2.19. The number of anilines is 2. The molecule has 0 saturated carbocycles. The minimum absolute atomic E-state index is 0.118. The van der Waals surface area contributed by atoms with E-state index >= 15 is 0 Å². The molecule has 1 heterocycles. The van der Waals surface area contributed by atoms with Crippen molar-refractivity contribution < 1.29 is 14.3 Å². The molecule has 30 heavy (non-hydrogen) atoms. The summed E-state index contributed by atoms with van der Waals surface area (Å²) in [4.78, 5) is 26.0. The van der Waals surface area contributed by atoms with E-state index in [1.165, 1.54) is 19.2 Å². The average molecular weight is 504 g/mol. The van der Waals surface area contributed by atoms with E-state index in [0.717, 1.165) is 11.3 Å². The average Bonchev–Trinajstić information content (AvgIpc) is 3.11. The van der Waals surface area contributed by atoms with E-state index in [-0.39, 0.29) is 37.8 Å². The first-order chi connectivity index (χ1) is 14.3. The van der Waals surface area contributed by atoms with Crippen molar-refractivity contribution in [3.63, 3.8) is 0 Å². The first-order valence-electron chi connectivity index (χ1n) is 8.41. The van der Waals surface area contributed by atoms with Crippen LogP contribution in [0.5, 0.6) is 5.75 Å². The molecule has 5 nitrogen and oxygen atoms in total. The fraction of sp³-hybridized carbons (Fsp3) is 0.100. The van der Waals surface area contributed by atoms with Crippen molar-refractivity contribution in [2.75, 3.05) is 17.7 Å². The number of carbonyl (C=O) groups excluding carboxylic acids is 2. The molecule has 1 aromatic heterocycles. The first-order valence-corrected chi connectivity index (χ1v) is 11.0. The second-order valence-electron chi connectivity index (χ2n) is 5.98. The third-order valence-corrected chi connectivity index (χ3v) is 6.35. The number of hydrogen-bond donors (Lipinski definition) is 2. The third-order valence-electron chi connectivity index (χ3n) is 4.02. The Bertz CT molecular complexity index is 1100. The topological polar surface area (TPSA) is 67.4 Å². The molecule has 0 radical (unpaired) electrons. The quantitative estimate of drug-likeness (QED) is 0.357. The zero-order chi connectivity index (χ0) is 21.8. The van der Waals surface area contributed by atoms with Crippen molar-refractivity contribution in [3.05, 3.63) is 72.9 Å². The maximum absolute atomic E-state index is 12.9. The number of alkyl halides is 1. The largest absolute Gasteiger partial charge is 0.494 e. The Labute approximate surface area is 196 Å². The lowest BCUT2D eigenvalue weighted by atomic mass is 10.1. The Balaban J connectivity index is 1.96. The Morgan fingerprint density at radius 3 is 2.30 bits per heavy atom.